The van der Waals surface area contributed by atoms with Gasteiger partial charge in [0.15, 0.2) is 11.6 Å². The number of benzene rings is 1. The molecule has 101 valence electrons. The van der Waals surface area contributed by atoms with Gasteiger partial charge >= 0.3 is 18.0 Å². The Labute approximate surface area is 106 Å². The van der Waals surface area contributed by atoms with Crippen LogP contribution < -0.4 is 10.6 Å². The molecule has 2 amide bonds. The Bertz CT molecular complexity index is 614. The molecule has 0 aliphatic carbocycles. The second-order valence-electron chi connectivity index (χ2n) is 3.41. The fourth-order valence-electron chi connectivity index (χ4n) is 1.45. The van der Waals surface area contributed by atoms with Gasteiger partial charge < -0.3 is 5.32 Å². The summed E-state index contributed by atoms with van der Waals surface area (Å²) in [4.78, 5) is 21.8. The number of halogens is 6. The quantitative estimate of drug-likeness (QED) is 0.454. The lowest BCUT2D eigenvalue weighted by atomic mass is 10.1. The van der Waals surface area contributed by atoms with Gasteiger partial charge in [0.2, 0.25) is 0 Å². The van der Waals surface area contributed by atoms with Crippen LogP contribution in [0.15, 0.2) is 0 Å². The molecule has 1 aromatic carbocycles. The number of alkyl halides is 3. The summed E-state index contributed by atoms with van der Waals surface area (Å²) in [7, 11) is 0. The van der Waals surface area contributed by atoms with Gasteiger partial charge in [-0.3, -0.25) is 9.59 Å². The minimum Gasteiger partial charge on any atom is -0.313 e. The monoisotopic (exact) mass is 299 g/mol. The first-order valence-electron chi connectivity index (χ1n) is 4.49. The number of hydrogen-bond donors (Lipinski definition) is 1. The van der Waals surface area contributed by atoms with Gasteiger partial charge in [-0.2, -0.15) is 13.2 Å². The van der Waals surface area contributed by atoms with Crippen molar-refractivity contribution in [3.63, 3.8) is 0 Å². The molecule has 0 spiro atoms. The van der Waals surface area contributed by atoms with Crippen LogP contribution >= 0.6 is 11.6 Å². The van der Waals surface area contributed by atoms with E-state index < -0.39 is 51.6 Å². The number of amides is 2. The molecule has 0 bridgehead atoms. The van der Waals surface area contributed by atoms with Crippen LogP contribution in [0.2, 0.25) is 5.02 Å². The van der Waals surface area contributed by atoms with E-state index in [0.29, 0.717) is 0 Å². The summed E-state index contributed by atoms with van der Waals surface area (Å²) in [6.07, 6.45) is -5.18. The van der Waals surface area contributed by atoms with Crippen LogP contribution in [-0.2, 0) is 15.8 Å². The molecule has 1 aliphatic rings. The van der Waals surface area contributed by atoms with Crippen molar-refractivity contribution < 1.29 is 31.5 Å². The summed E-state index contributed by atoms with van der Waals surface area (Å²) in [5, 5.41) is 2.74. The molecule has 10 heteroatoms. The zero-order valence-electron chi connectivity index (χ0n) is 8.53. The van der Waals surface area contributed by atoms with Crippen LogP contribution in [0.1, 0.15) is 5.56 Å². The maximum atomic E-state index is 13.4. The maximum absolute atomic E-state index is 13.4. The molecule has 0 atom stereocenters. The van der Waals surface area contributed by atoms with Crippen molar-refractivity contribution in [2.45, 2.75) is 6.18 Å². The van der Waals surface area contributed by atoms with Crippen molar-refractivity contribution in [2.24, 2.45) is 0 Å². The zero-order chi connectivity index (χ0) is 14.5. The van der Waals surface area contributed by atoms with Crippen LogP contribution in [0, 0.1) is 11.6 Å². The van der Waals surface area contributed by atoms with Crippen LogP contribution in [0.5, 0.6) is 0 Å². The van der Waals surface area contributed by atoms with E-state index in [4.69, 9.17) is 11.6 Å². The Morgan fingerprint density at radius 2 is 1.68 bits per heavy atom. The number of anilines is 1. The molecule has 4 nitrogen and oxygen atoms in total. The predicted molar refractivity (Wildman–Crippen MR) is 51.8 cm³/mol. The van der Waals surface area contributed by atoms with E-state index in [9.17, 15) is 31.5 Å². The lowest BCUT2D eigenvalue weighted by molar-refractivity contribution is -0.139. The fourth-order valence-corrected chi connectivity index (χ4v) is 1.73. The van der Waals surface area contributed by atoms with Crippen molar-refractivity contribution in [1.29, 1.82) is 0 Å². The van der Waals surface area contributed by atoms with Crippen LogP contribution in [0.4, 0.5) is 33.3 Å². The van der Waals surface area contributed by atoms with Crippen LogP contribution in [0.3, 0.4) is 0 Å². The molecule has 0 saturated heterocycles. The van der Waals surface area contributed by atoms with E-state index in [1.165, 1.54) is 5.32 Å². The number of hydrogen-bond acceptors (Lipinski definition) is 2. The minimum absolute atomic E-state index is 1.17. The second kappa shape index (κ2) is 4.05. The molecule has 19 heavy (non-hydrogen) atoms. The summed E-state index contributed by atoms with van der Waals surface area (Å²) >= 11 is 5.09. The van der Waals surface area contributed by atoms with Gasteiger partial charge in [-0.25, -0.2) is 14.1 Å². The van der Waals surface area contributed by atoms with Gasteiger partial charge in [0, 0.05) is 0 Å². The van der Waals surface area contributed by atoms with Crippen LogP contribution in [-0.4, -0.2) is 11.8 Å². The van der Waals surface area contributed by atoms with Gasteiger partial charge in [0.05, 0.1) is 5.02 Å². The third kappa shape index (κ3) is 1.99. The van der Waals surface area contributed by atoms with Gasteiger partial charge in [0.25, 0.3) is 0 Å². The number of fused-ring (bicyclic) bond motifs is 1. The summed E-state index contributed by atoms with van der Waals surface area (Å²) < 4.78 is 64.8. The largest absolute Gasteiger partial charge is 0.420 e. The van der Waals surface area contributed by atoms with E-state index in [1.54, 1.807) is 0 Å². The van der Waals surface area contributed by atoms with E-state index >= 15 is 0 Å². The Hall–Kier alpha value is -1.90. The predicted octanol–water partition coefficient (Wildman–Crippen LogP) is 2.35. The normalized spacial score (nSPS) is 14.8. The van der Waals surface area contributed by atoms with Gasteiger partial charge in [-0.15, -0.1) is 0 Å². The lowest BCUT2D eigenvalue weighted by Crippen LogP contribution is -2.35. The third-order valence-electron chi connectivity index (χ3n) is 2.23. The Morgan fingerprint density at radius 3 is 2.21 bits per heavy atom. The van der Waals surface area contributed by atoms with Gasteiger partial charge in [-0.05, 0) is 0 Å². The van der Waals surface area contributed by atoms with Crippen LogP contribution in [0.25, 0.3) is 0 Å². The standard InChI is InChI=1S/C9HClF5N2O2/c10-2-1(9(13,14)15)5-6(4(12)3(2)11)17-8(19)7(18)16-5/h(H,17,19). The Kier molecular flexibility index (Phi) is 2.89. The van der Waals surface area contributed by atoms with Crippen molar-refractivity contribution in [3.05, 3.63) is 22.2 Å². The number of rotatable bonds is 0. The molecule has 0 fully saturated rings. The SMILES string of the molecule is O=C1[N]c2c(c(F)c(F)c(Cl)c2C(F)(F)F)NC1=O. The molecule has 2 rings (SSSR count). The molecular formula is C9HClF5N2O2. The fraction of sp³-hybridized carbons (Fsp3) is 0.111. The number of nitrogens with zero attached hydrogens (tertiary/aromatic N) is 1. The second-order valence-corrected chi connectivity index (χ2v) is 3.79. The highest BCUT2D eigenvalue weighted by Gasteiger charge is 2.44. The highest BCUT2D eigenvalue weighted by molar-refractivity contribution is 6.43. The molecule has 0 unspecified atom stereocenters. The highest BCUT2D eigenvalue weighted by Crippen LogP contribution is 2.47. The summed E-state index contributed by atoms with van der Waals surface area (Å²) in [5.74, 6) is -6.85. The molecule has 0 aromatic heterocycles. The average molecular weight is 300 g/mol. The average Bonchev–Trinajstić information content (AvgIpc) is 2.28. The molecule has 1 heterocycles. The highest BCUT2D eigenvalue weighted by atomic mass is 35.5. The summed E-state index contributed by atoms with van der Waals surface area (Å²) in [5.41, 5.74) is -4.24. The van der Waals surface area contributed by atoms with Crippen molar-refractivity contribution in [2.75, 3.05) is 5.32 Å². The molecule has 1 aromatic rings. The van der Waals surface area contributed by atoms with Gasteiger partial charge in [0.1, 0.15) is 16.9 Å². The Balaban J connectivity index is 2.83. The van der Waals surface area contributed by atoms with Gasteiger partial charge in [-0.1, -0.05) is 11.6 Å². The first-order chi connectivity index (χ1) is 8.64. The minimum atomic E-state index is -5.18. The summed E-state index contributed by atoms with van der Waals surface area (Å²) in [6.45, 7) is 0. The molecule has 1 aliphatic heterocycles. The molecule has 1 radical (unpaired) electrons. The zero-order valence-corrected chi connectivity index (χ0v) is 9.29. The van der Waals surface area contributed by atoms with Crippen molar-refractivity contribution >= 4 is 34.8 Å². The van der Waals surface area contributed by atoms with E-state index in [2.05, 4.69) is 5.32 Å². The summed E-state index contributed by atoms with van der Waals surface area (Å²) in [6, 6.07) is 0. The third-order valence-corrected chi connectivity index (χ3v) is 2.58. The number of carbonyl (C=O) groups is 2. The first-order valence-corrected chi connectivity index (χ1v) is 4.87. The smallest absolute Gasteiger partial charge is 0.313 e. The van der Waals surface area contributed by atoms with Crippen molar-refractivity contribution in [3.8, 4) is 0 Å². The van der Waals surface area contributed by atoms with E-state index in [0.717, 1.165) is 0 Å². The number of nitrogens with one attached hydrogen (secondary N) is 1. The van der Waals surface area contributed by atoms with Crippen molar-refractivity contribution in [1.82, 2.24) is 5.32 Å². The molecule has 1 N–H and O–H groups in total. The van der Waals surface area contributed by atoms with E-state index in [-0.39, 0.29) is 0 Å². The Morgan fingerprint density at radius 1 is 1.11 bits per heavy atom. The van der Waals surface area contributed by atoms with E-state index in [1.807, 2.05) is 0 Å². The maximum Gasteiger partial charge on any atom is 0.420 e. The molecule has 0 saturated carbocycles. The molecular weight excluding hydrogens is 299 g/mol. The topological polar surface area (TPSA) is 60.3 Å². The number of carbonyl (C=O) groups excluding carboxylic acids is 2. The first kappa shape index (κ1) is 13.5. The lowest BCUT2D eigenvalue weighted by Gasteiger charge is -2.21.